The average molecular weight is 157 g/mol. The predicted octanol–water partition coefficient (Wildman–Crippen LogP) is 1.55. The standard InChI is InChI=1S/C9H19NO/c1-4-9(3,5-2)11-8-6-10-7-8/h8,10H,4-7H2,1-3H3. The Morgan fingerprint density at radius 2 is 1.91 bits per heavy atom. The first-order valence-electron chi connectivity index (χ1n) is 4.58. The van der Waals surface area contributed by atoms with E-state index in [0.717, 1.165) is 25.9 Å². The van der Waals surface area contributed by atoms with Crippen molar-refractivity contribution in [3.63, 3.8) is 0 Å². The smallest absolute Gasteiger partial charge is 0.0830 e. The molecule has 1 saturated heterocycles. The van der Waals surface area contributed by atoms with Gasteiger partial charge in [-0.2, -0.15) is 0 Å². The van der Waals surface area contributed by atoms with Gasteiger partial charge in [-0.1, -0.05) is 13.8 Å². The molecule has 2 nitrogen and oxygen atoms in total. The minimum Gasteiger partial charge on any atom is -0.369 e. The van der Waals surface area contributed by atoms with Crippen molar-refractivity contribution >= 4 is 0 Å². The molecule has 1 fully saturated rings. The molecule has 1 N–H and O–H groups in total. The van der Waals surface area contributed by atoms with Crippen LogP contribution in [0.15, 0.2) is 0 Å². The van der Waals surface area contributed by atoms with Crippen LogP contribution in [-0.4, -0.2) is 24.8 Å². The molecule has 0 bridgehead atoms. The molecule has 0 aromatic carbocycles. The Labute approximate surface area is 69.3 Å². The summed E-state index contributed by atoms with van der Waals surface area (Å²) in [4.78, 5) is 0. The molecule has 2 heteroatoms. The maximum Gasteiger partial charge on any atom is 0.0830 e. The van der Waals surface area contributed by atoms with Crippen molar-refractivity contribution < 1.29 is 4.74 Å². The van der Waals surface area contributed by atoms with Crippen LogP contribution in [0.25, 0.3) is 0 Å². The topological polar surface area (TPSA) is 21.3 Å². The number of nitrogens with one attached hydrogen (secondary N) is 1. The van der Waals surface area contributed by atoms with Crippen LogP contribution in [0.2, 0.25) is 0 Å². The predicted molar refractivity (Wildman–Crippen MR) is 46.7 cm³/mol. The summed E-state index contributed by atoms with van der Waals surface area (Å²) in [5.41, 5.74) is 0.118. The first-order chi connectivity index (χ1) is 5.20. The third-order valence-electron chi connectivity index (χ3n) is 2.69. The van der Waals surface area contributed by atoms with E-state index in [9.17, 15) is 0 Å². The lowest BCUT2D eigenvalue weighted by Gasteiger charge is -2.37. The van der Waals surface area contributed by atoms with Crippen molar-refractivity contribution in [3.8, 4) is 0 Å². The number of rotatable bonds is 4. The quantitative estimate of drug-likeness (QED) is 0.668. The highest BCUT2D eigenvalue weighted by molar-refractivity contribution is 4.81. The molecule has 0 atom stereocenters. The summed E-state index contributed by atoms with van der Waals surface area (Å²) in [6.07, 6.45) is 2.69. The van der Waals surface area contributed by atoms with Crippen LogP contribution in [-0.2, 0) is 4.74 Å². The summed E-state index contributed by atoms with van der Waals surface area (Å²) in [5.74, 6) is 0. The molecule has 0 saturated carbocycles. The number of ether oxygens (including phenoxy) is 1. The summed E-state index contributed by atoms with van der Waals surface area (Å²) < 4.78 is 5.91. The first kappa shape index (κ1) is 9.01. The summed E-state index contributed by atoms with van der Waals surface area (Å²) in [5, 5.41) is 3.21. The van der Waals surface area contributed by atoms with Gasteiger partial charge < -0.3 is 10.1 Å². The van der Waals surface area contributed by atoms with E-state index in [2.05, 4.69) is 26.1 Å². The Morgan fingerprint density at radius 1 is 1.36 bits per heavy atom. The van der Waals surface area contributed by atoms with Crippen molar-refractivity contribution in [3.05, 3.63) is 0 Å². The van der Waals surface area contributed by atoms with Gasteiger partial charge in [0.15, 0.2) is 0 Å². The minimum absolute atomic E-state index is 0.118. The molecule has 0 aromatic rings. The number of hydrogen-bond donors (Lipinski definition) is 1. The Balaban J connectivity index is 2.29. The molecule has 11 heavy (non-hydrogen) atoms. The van der Waals surface area contributed by atoms with E-state index in [0.29, 0.717) is 6.10 Å². The Hall–Kier alpha value is -0.0800. The minimum atomic E-state index is 0.118. The number of hydrogen-bond acceptors (Lipinski definition) is 2. The van der Waals surface area contributed by atoms with E-state index >= 15 is 0 Å². The van der Waals surface area contributed by atoms with Gasteiger partial charge in [0.25, 0.3) is 0 Å². The van der Waals surface area contributed by atoms with Crippen molar-refractivity contribution in [2.45, 2.75) is 45.3 Å². The van der Waals surface area contributed by atoms with Crippen LogP contribution >= 0.6 is 0 Å². The van der Waals surface area contributed by atoms with E-state index in [1.807, 2.05) is 0 Å². The Bertz CT molecular complexity index is 117. The van der Waals surface area contributed by atoms with Gasteiger partial charge in [0.2, 0.25) is 0 Å². The van der Waals surface area contributed by atoms with E-state index in [1.54, 1.807) is 0 Å². The molecule has 0 amide bonds. The molecule has 1 aliphatic heterocycles. The van der Waals surface area contributed by atoms with Crippen LogP contribution in [0, 0.1) is 0 Å². The zero-order chi connectivity index (χ0) is 8.32. The summed E-state index contributed by atoms with van der Waals surface area (Å²) >= 11 is 0. The van der Waals surface area contributed by atoms with Gasteiger partial charge in [0.1, 0.15) is 0 Å². The second kappa shape index (κ2) is 3.55. The molecular formula is C9H19NO. The SMILES string of the molecule is CCC(C)(CC)OC1CNC1. The fourth-order valence-corrected chi connectivity index (χ4v) is 1.16. The molecule has 0 aromatic heterocycles. The third kappa shape index (κ3) is 2.17. The van der Waals surface area contributed by atoms with Crippen molar-refractivity contribution in [1.29, 1.82) is 0 Å². The van der Waals surface area contributed by atoms with Crippen LogP contribution < -0.4 is 5.32 Å². The highest BCUT2D eigenvalue weighted by atomic mass is 16.5. The molecular weight excluding hydrogens is 138 g/mol. The van der Waals surface area contributed by atoms with E-state index in [-0.39, 0.29) is 5.60 Å². The van der Waals surface area contributed by atoms with E-state index in [4.69, 9.17) is 4.74 Å². The van der Waals surface area contributed by atoms with Gasteiger partial charge in [-0.25, -0.2) is 0 Å². The van der Waals surface area contributed by atoms with Gasteiger partial charge in [0, 0.05) is 13.1 Å². The lowest BCUT2D eigenvalue weighted by Crippen LogP contribution is -2.52. The monoisotopic (exact) mass is 157 g/mol. The van der Waals surface area contributed by atoms with Gasteiger partial charge in [-0.3, -0.25) is 0 Å². The Kier molecular flexibility index (Phi) is 2.90. The lowest BCUT2D eigenvalue weighted by atomic mass is 9.99. The molecule has 0 unspecified atom stereocenters. The van der Waals surface area contributed by atoms with Crippen molar-refractivity contribution in [1.82, 2.24) is 5.32 Å². The maximum atomic E-state index is 5.91. The largest absolute Gasteiger partial charge is 0.369 e. The summed E-state index contributed by atoms with van der Waals surface area (Å²) in [6, 6.07) is 0. The normalized spacial score (nSPS) is 19.9. The first-order valence-corrected chi connectivity index (χ1v) is 4.58. The van der Waals surface area contributed by atoms with Gasteiger partial charge in [-0.15, -0.1) is 0 Å². The van der Waals surface area contributed by atoms with Crippen LogP contribution in [0.1, 0.15) is 33.6 Å². The molecule has 1 rings (SSSR count). The van der Waals surface area contributed by atoms with E-state index in [1.165, 1.54) is 0 Å². The van der Waals surface area contributed by atoms with Gasteiger partial charge in [-0.05, 0) is 19.8 Å². The second-order valence-corrected chi connectivity index (χ2v) is 3.56. The van der Waals surface area contributed by atoms with E-state index < -0.39 is 0 Å². The van der Waals surface area contributed by atoms with Gasteiger partial charge >= 0.3 is 0 Å². The molecule has 1 heterocycles. The fraction of sp³-hybridized carbons (Fsp3) is 1.00. The second-order valence-electron chi connectivity index (χ2n) is 3.56. The van der Waals surface area contributed by atoms with Crippen LogP contribution in [0.5, 0.6) is 0 Å². The van der Waals surface area contributed by atoms with Crippen molar-refractivity contribution in [2.75, 3.05) is 13.1 Å². The molecule has 66 valence electrons. The zero-order valence-electron chi connectivity index (χ0n) is 7.81. The fourth-order valence-electron chi connectivity index (χ4n) is 1.16. The average Bonchev–Trinajstić information content (AvgIpc) is 1.97. The van der Waals surface area contributed by atoms with Crippen LogP contribution in [0.4, 0.5) is 0 Å². The highest BCUT2D eigenvalue weighted by Gasteiger charge is 2.28. The summed E-state index contributed by atoms with van der Waals surface area (Å²) in [7, 11) is 0. The summed E-state index contributed by atoms with van der Waals surface area (Å²) in [6.45, 7) is 8.65. The third-order valence-corrected chi connectivity index (χ3v) is 2.69. The lowest BCUT2D eigenvalue weighted by molar-refractivity contribution is -0.104. The molecule has 0 aliphatic carbocycles. The molecule has 0 spiro atoms. The zero-order valence-corrected chi connectivity index (χ0v) is 7.81. The molecule has 0 radical (unpaired) electrons. The van der Waals surface area contributed by atoms with Crippen LogP contribution in [0.3, 0.4) is 0 Å². The molecule has 1 aliphatic rings. The maximum absolute atomic E-state index is 5.91. The van der Waals surface area contributed by atoms with Crippen molar-refractivity contribution in [2.24, 2.45) is 0 Å². The highest BCUT2D eigenvalue weighted by Crippen LogP contribution is 2.22. The Morgan fingerprint density at radius 3 is 2.18 bits per heavy atom. The van der Waals surface area contributed by atoms with Gasteiger partial charge in [0.05, 0.1) is 11.7 Å².